The van der Waals surface area contributed by atoms with Gasteiger partial charge in [0.1, 0.15) is 0 Å². The zero-order valence-electron chi connectivity index (χ0n) is 11.8. The van der Waals surface area contributed by atoms with Crippen LogP contribution in [-0.2, 0) is 9.47 Å². The summed E-state index contributed by atoms with van der Waals surface area (Å²) in [4.78, 5) is 0. The minimum absolute atomic E-state index is 0.00667. The first-order chi connectivity index (χ1) is 8.08. The van der Waals surface area contributed by atoms with Gasteiger partial charge in [-0.2, -0.15) is 0 Å². The maximum atomic E-state index is 8.69. The molecule has 0 saturated carbocycles. The zero-order valence-corrected chi connectivity index (χ0v) is 11.8. The number of aliphatic hydroxyl groups excluding tert-OH is 2. The van der Waals surface area contributed by atoms with Crippen LogP contribution in [0.15, 0.2) is 0 Å². The SMILES string of the molecule is CC(O)COC(C)CO.CCCCOCCC. The highest BCUT2D eigenvalue weighted by atomic mass is 16.5. The van der Waals surface area contributed by atoms with Gasteiger partial charge in [-0.3, -0.25) is 0 Å². The van der Waals surface area contributed by atoms with Crippen molar-refractivity contribution in [1.82, 2.24) is 0 Å². The Morgan fingerprint density at radius 2 is 1.71 bits per heavy atom. The topological polar surface area (TPSA) is 58.9 Å². The van der Waals surface area contributed by atoms with E-state index in [2.05, 4.69) is 13.8 Å². The number of unbranched alkanes of at least 4 members (excludes halogenated alkanes) is 1. The van der Waals surface area contributed by atoms with Crippen molar-refractivity contribution in [3.63, 3.8) is 0 Å². The zero-order chi connectivity index (χ0) is 13.5. The average molecular weight is 250 g/mol. The Morgan fingerprint density at radius 1 is 1.06 bits per heavy atom. The third kappa shape index (κ3) is 21.6. The van der Waals surface area contributed by atoms with Gasteiger partial charge >= 0.3 is 0 Å². The van der Waals surface area contributed by atoms with Gasteiger partial charge in [0.15, 0.2) is 0 Å². The van der Waals surface area contributed by atoms with Gasteiger partial charge in [-0.15, -0.1) is 0 Å². The fourth-order valence-corrected chi connectivity index (χ4v) is 0.849. The van der Waals surface area contributed by atoms with Gasteiger partial charge in [0.05, 0.1) is 25.4 Å². The van der Waals surface area contributed by atoms with Crippen LogP contribution >= 0.6 is 0 Å². The maximum absolute atomic E-state index is 8.69. The molecule has 0 bridgehead atoms. The lowest BCUT2D eigenvalue weighted by Crippen LogP contribution is -2.19. The first-order valence-electron chi connectivity index (χ1n) is 6.56. The second-order valence-corrected chi connectivity index (χ2v) is 4.14. The van der Waals surface area contributed by atoms with Crippen molar-refractivity contribution in [2.24, 2.45) is 0 Å². The second-order valence-electron chi connectivity index (χ2n) is 4.14. The molecule has 0 amide bonds. The molecule has 4 heteroatoms. The Labute approximate surface area is 106 Å². The third-order valence-corrected chi connectivity index (χ3v) is 1.87. The Hall–Kier alpha value is -0.160. The van der Waals surface area contributed by atoms with E-state index in [0.29, 0.717) is 6.61 Å². The molecular formula is C13H30O4. The van der Waals surface area contributed by atoms with Crippen LogP contribution in [0.2, 0.25) is 0 Å². The van der Waals surface area contributed by atoms with Gasteiger partial charge < -0.3 is 19.7 Å². The molecule has 0 aliphatic carbocycles. The number of hydrogen-bond donors (Lipinski definition) is 2. The number of ether oxygens (including phenoxy) is 2. The van der Waals surface area contributed by atoms with Crippen LogP contribution in [0.1, 0.15) is 47.0 Å². The van der Waals surface area contributed by atoms with Crippen LogP contribution in [0.5, 0.6) is 0 Å². The predicted octanol–water partition coefficient (Wildman–Crippen LogP) is 1.98. The molecule has 0 aromatic rings. The van der Waals surface area contributed by atoms with Gasteiger partial charge in [-0.25, -0.2) is 0 Å². The lowest BCUT2D eigenvalue weighted by molar-refractivity contribution is -0.0177. The van der Waals surface area contributed by atoms with Crippen LogP contribution in [-0.4, -0.2) is 48.8 Å². The van der Waals surface area contributed by atoms with Gasteiger partial charge in [0, 0.05) is 13.2 Å². The second kappa shape index (κ2) is 15.8. The molecule has 0 fully saturated rings. The fraction of sp³-hybridized carbons (Fsp3) is 1.00. The molecule has 106 valence electrons. The van der Waals surface area contributed by atoms with Crippen LogP contribution in [0.4, 0.5) is 0 Å². The maximum Gasteiger partial charge on any atom is 0.0779 e. The minimum atomic E-state index is -0.445. The monoisotopic (exact) mass is 250 g/mol. The molecule has 4 nitrogen and oxygen atoms in total. The fourth-order valence-electron chi connectivity index (χ4n) is 0.849. The van der Waals surface area contributed by atoms with Crippen molar-refractivity contribution in [3.8, 4) is 0 Å². The number of hydrogen-bond acceptors (Lipinski definition) is 4. The van der Waals surface area contributed by atoms with Crippen molar-refractivity contribution < 1.29 is 19.7 Å². The molecule has 17 heavy (non-hydrogen) atoms. The molecule has 0 aliphatic heterocycles. The minimum Gasteiger partial charge on any atom is -0.394 e. The van der Waals surface area contributed by atoms with Crippen molar-refractivity contribution in [1.29, 1.82) is 0 Å². The third-order valence-electron chi connectivity index (χ3n) is 1.87. The van der Waals surface area contributed by atoms with Gasteiger partial charge in [-0.05, 0) is 26.7 Å². The van der Waals surface area contributed by atoms with Crippen LogP contribution in [0.25, 0.3) is 0 Å². The Kier molecular flexibility index (Phi) is 17.9. The van der Waals surface area contributed by atoms with Crippen molar-refractivity contribution in [3.05, 3.63) is 0 Å². The smallest absolute Gasteiger partial charge is 0.0779 e. The standard InChI is InChI=1S/C7H16O.C6H14O3/c1-3-5-7-8-6-4-2;1-5(8)4-9-6(2)3-7/h3-7H2,1-2H3;5-8H,3-4H2,1-2H3. The molecule has 0 aromatic heterocycles. The predicted molar refractivity (Wildman–Crippen MR) is 70.2 cm³/mol. The van der Waals surface area contributed by atoms with E-state index in [1.165, 1.54) is 12.8 Å². The van der Waals surface area contributed by atoms with E-state index in [9.17, 15) is 0 Å². The van der Waals surface area contributed by atoms with E-state index in [0.717, 1.165) is 19.6 Å². The molecule has 0 saturated heterocycles. The Balaban J connectivity index is 0. The first-order valence-corrected chi connectivity index (χ1v) is 6.56. The van der Waals surface area contributed by atoms with Crippen molar-refractivity contribution in [2.75, 3.05) is 26.4 Å². The Bertz CT molecular complexity index is 123. The van der Waals surface area contributed by atoms with E-state index in [-0.39, 0.29) is 12.7 Å². The number of rotatable bonds is 9. The van der Waals surface area contributed by atoms with Gasteiger partial charge in [0.25, 0.3) is 0 Å². The summed E-state index contributed by atoms with van der Waals surface area (Å²) in [6, 6.07) is 0. The highest BCUT2D eigenvalue weighted by molar-refractivity contribution is 4.47. The van der Waals surface area contributed by atoms with E-state index in [1.54, 1.807) is 13.8 Å². The summed E-state index contributed by atoms with van der Waals surface area (Å²) in [7, 11) is 0. The molecule has 0 heterocycles. The van der Waals surface area contributed by atoms with Gasteiger partial charge in [0.2, 0.25) is 0 Å². The van der Waals surface area contributed by atoms with Crippen LogP contribution in [0, 0.1) is 0 Å². The molecule has 0 spiro atoms. The van der Waals surface area contributed by atoms with E-state index < -0.39 is 6.10 Å². The van der Waals surface area contributed by atoms with E-state index >= 15 is 0 Å². The molecule has 2 unspecified atom stereocenters. The largest absolute Gasteiger partial charge is 0.394 e. The summed E-state index contributed by atoms with van der Waals surface area (Å²) in [5.41, 5.74) is 0. The quantitative estimate of drug-likeness (QED) is 0.614. The summed E-state index contributed by atoms with van der Waals surface area (Å²) in [6.07, 6.45) is 2.98. The molecule has 0 aliphatic rings. The highest BCUT2D eigenvalue weighted by Crippen LogP contribution is 1.90. The first kappa shape index (κ1) is 19.2. The van der Waals surface area contributed by atoms with Crippen molar-refractivity contribution in [2.45, 2.75) is 59.2 Å². The molecule has 2 N–H and O–H groups in total. The van der Waals surface area contributed by atoms with Crippen LogP contribution in [0.3, 0.4) is 0 Å². The highest BCUT2D eigenvalue weighted by Gasteiger charge is 2.00. The summed E-state index contributed by atoms with van der Waals surface area (Å²) < 4.78 is 10.2. The summed E-state index contributed by atoms with van der Waals surface area (Å²) >= 11 is 0. The summed E-state index contributed by atoms with van der Waals surface area (Å²) in [5, 5.41) is 17.1. The molecule has 0 radical (unpaired) electrons. The lowest BCUT2D eigenvalue weighted by atomic mass is 10.4. The molecule has 0 aromatic carbocycles. The van der Waals surface area contributed by atoms with E-state index in [4.69, 9.17) is 19.7 Å². The Morgan fingerprint density at radius 3 is 2.12 bits per heavy atom. The average Bonchev–Trinajstić information content (AvgIpc) is 2.32. The van der Waals surface area contributed by atoms with Crippen LogP contribution < -0.4 is 0 Å². The number of aliphatic hydroxyl groups is 2. The lowest BCUT2D eigenvalue weighted by Gasteiger charge is -2.10. The summed E-state index contributed by atoms with van der Waals surface area (Å²) in [5.74, 6) is 0. The molecular weight excluding hydrogens is 220 g/mol. The molecule has 2 atom stereocenters. The van der Waals surface area contributed by atoms with Gasteiger partial charge in [-0.1, -0.05) is 20.3 Å². The van der Waals surface area contributed by atoms with Crippen molar-refractivity contribution >= 4 is 0 Å². The summed E-state index contributed by atoms with van der Waals surface area (Å²) in [6.45, 7) is 9.88. The van der Waals surface area contributed by atoms with E-state index in [1.807, 2.05) is 0 Å². The normalized spacial score (nSPS) is 13.8. The molecule has 0 rings (SSSR count).